The zero-order valence-electron chi connectivity index (χ0n) is 50.4. The van der Waals surface area contributed by atoms with E-state index in [0.29, 0.717) is 0 Å². The number of rotatable bonds is 4. The Labute approximate surface area is 684 Å². The second kappa shape index (κ2) is 98.6. The van der Waals surface area contributed by atoms with Crippen LogP contribution < -0.4 is 97.9 Å². The Hall–Kier alpha value is 0.616. The van der Waals surface area contributed by atoms with Gasteiger partial charge in [0.25, 0.3) is 0 Å². The van der Waals surface area contributed by atoms with E-state index in [1.165, 1.54) is 44.5 Å². The quantitative estimate of drug-likeness (QED) is 0.0759. The van der Waals surface area contributed by atoms with E-state index < -0.39 is 100 Å². The molecule has 0 heterocycles. The molecule has 0 saturated carbocycles. The van der Waals surface area contributed by atoms with E-state index in [4.69, 9.17) is 174 Å². The minimum Gasteiger partial charge on any atom is -0.854 e. The molecule has 0 radical (unpaired) electrons. The van der Waals surface area contributed by atoms with E-state index in [1.54, 1.807) is 0 Å². The largest absolute Gasteiger partial charge is 4.00 e. The zero-order chi connectivity index (χ0) is 75.8. The summed E-state index contributed by atoms with van der Waals surface area (Å²) in [5, 5.41) is 0. The fraction of sp³-hybridized carbons (Fsp3) is 0. The summed E-state index contributed by atoms with van der Waals surface area (Å²) in [5.41, 5.74) is 10.2. The summed E-state index contributed by atoms with van der Waals surface area (Å²) < 4.78 is 69.0. The van der Waals surface area contributed by atoms with Crippen molar-refractivity contribution in [1.29, 1.82) is 0 Å². The van der Waals surface area contributed by atoms with E-state index in [9.17, 15) is 0 Å². The van der Waals surface area contributed by atoms with Crippen molar-refractivity contribution in [3.05, 3.63) is 243 Å². The molecule has 0 amide bonds. The first kappa shape index (κ1) is 131. The molecule has 0 spiro atoms. The van der Waals surface area contributed by atoms with Crippen LogP contribution in [0.5, 0.6) is 0 Å². The van der Waals surface area contributed by atoms with Crippen molar-refractivity contribution >= 4 is 100 Å². The van der Waals surface area contributed by atoms with E-state index >= 15 is 0 Å². The third-order valence-corrected chi connectivity index (χ3v) is 7.52. The Morgan fingerprint density at radius 1 is 0.168 bits per heavy atom. The molecule has 544 valence electrons. The molecule has 8 unspecified atom stereocenters. The molecule has 8 N–H and O–H groups in total. The Bertz CT molecular complexity index is 2470. The smallest absolute Gasteiger partial charge is 0.854 e. The normalized spacial score (nSPS) is 10.9. The average Bonchev–Trinajstić information content (AvgIpc) is 0.924. The van der Waals surface area contributed by atoms with Gasteiger partial charge < -0.3 is 208 Å². The van der Waals surface area contributed by atoms with Crippen molar-refractivity contribution in [1.82, 2.24) is 0 Å². The number of hydrogen-bond donors (Lipinski definition) is 8. The fourth-order valence-corrected chi connectivity index (χ4v) is 5.04. The van der Waals surface area contributed by atoms with Gasteiger partial charge >= 0.3 is 131 Å². The first-order chi connectivity index (χ1) is 44.6. The monoisotopic (exact) mass is 2030 g/mol. The van der Waals surface area contributed by atoms with Gasteiger partial charge in [-0.2, -0.15) is 0 Å². The molecule has 0 aliphatic carbocycles. The van der Waals surface area contributed by atoms with Crippen LogP contribution in [0.1, 0.15) is 0 Å². The van der Waals surface area contributed by atoms with E-state index in [0.717, 1.165) is 0 Å². The molecule has 0 saturated heterocycles. The molecule has 8 atom stereocenters. The Morgan fingerprint density at radius 3 is 0.248 bits per heavy atom. The molecule has 36 nitrogen and oxygen atoms in total. The third-order valence-electron chi connectivity index (χ3n) is 7.52. The van der Waals surface area contributed by atoms with Gasteiger partial charge in [0.15, 0.2) is 0 Å². The van der Waals surface area contributed by atoms with Crippen LogP contribution in [0, 0.1) is 0 Å². The molecule has 53 heteroatoms. The summed E-state index contributed by atoms with van der Waals surface area (Å²) in [6.45, 7) is 0. The molecule has 0 fully saturated rings. The molecule has 8 aromatic rings. The summed E-state index contributed by atoms with van der Waals surface area (Å²) in [5.74, 6) is 0. The van der Waals surface area contributed by atoms with Crippen molar-refractivity contribution in [2.45, 2.75) is 0 Å². The van der Waals surface area contributed by atoms with Crippen molar-refractivity contribution in [3.8, 4) is 44.5 Å². The average molecular weight is 2040 g/mol. The standard InChI is InChI=1S/4C12H10.8H3O3P.4O3P.5Zr/c4*1-3-7-11(8-4-1)12-9-5-2-6-10-12;12*1-4(2)3;;;;;/h4*1-10H;8*4H,(H2,1,2,3);;;;;;;;;/q;;;;;;;;;;;;4*-3;5*+4/p-8. The maximum Gasteiger partial charge on any atom is 4.00 e. The molecule has 0 aliphatic rings. The van der Waals surface area contributed by atoms with Gasteiger partial charge in [0.1, 0.15) is 66.0 Å². The van der Waals surface area contributed by atoms with Gasteiger partial charge in [0.2, 0.25) is 0 Å². The van der Waals surface area contributed by atoms with Gasteiger partial charge in [-0.05, 0) is 44.5 Å². The Balaban J connectivity index is -0.0000000764. The maximum absolute atomic E-state index is 8.63. The van der Waals surface area contributed by atoms with E-state index in [1.807, 2.05) is 48.5 Å². The summed E-state index contributed by atoms with van der Waals surface area (Å²) in [6, 6.07) is 83.1. The van der Waals surface area contributed by atoms with Crippen LogP contribution in [-0.4, -0.2) is 39.1 Å². The summed E-state index contributed by atoms with van der Waals surface area (Å²) in [4.78, 5) is 227. The predicted octanol–water partition coefficient (Wildman–Crippen LogP) is -7.59. The van der Waals surface area contributed by atoms with Gasteiger partial charge in [0, 0.05) is 0 Å². The first-order valence-corrected chi connectivity index (χ1v) is 38.0. The van der Waals surface area contributed by atoms with Gasteiger partial charge in [-0.15, -0.1) is 0 Å². The van der Waals surface area contributed by atoms with Crippen LogP contribution in [-0.2, 0) is 168 Å². The van der Waals surface area contributed by atoms with Crippen LogP contribution in [0.25, 0.3) is 44.5 Å². The predicted molar refractivity (Wildman–Crippen MR) is 325 cm³/mol. The molecular weight excluding hydrogens is 1980 g/mol. The van der Waals surface area contributed by atoms with Crippen LogP contribution in [0.2, 0.25) is 0 Å². The molecule has 0 bridgehead atoms. The van der Waals surface area contributed by atoms with Crippen LogP contribution in [0.15, 0.2) is 243 Å². The van der Waals surface area contributed by atoms with Gasteiger partial charge in [-0.1, -0.05) is 243 Å². The van der Waals surface area contributed by atoms with Crippen molar-refractivity contribution in [2.75, 3.05) is 0 Å². The minimum absolute atomic E-state index is 0. The second-order valence-electron chi connectivity index (χ2n) is 13.9. The van der Waals surface area contributed by atoms with Crippen molar-refractivity contribution in [2.24, 2.45) is 0 Å². The molecule has 0 aliphatic heterocycles. The molecule has 8 aromatic carbocycles. The van der Waals surface area contributed by atoms with Crippen LogP contribution in [0.3, 0.4) is 0 Å². The van der Waals surface area contributed by atoms with Crippen LogP contribution >= 0.6 is 100 Å². The van der Waals surface area contributed by atoms with Crippen LogP contribution in [0.4, 0.5) is 0 Å². The molecule has 0 aromatic heterocycles. The summed E-state index contributed by atoms with van der Waals surface area (Å²) in [7, 11) is -40.5. The first-order valence-electron chi connectivity index (χ1n) is 23.5. The van der Waals surface area contributed by atoms with E-state index in [2.05, 4.69) is 194 Å². The zero-order valence-corrected chi connectivity index (χ0v) is 74.3. The van der Waals surface area contributed by atoms with Gasteiger partial charge in [-0.25, -0.2) is 0 Å². The molecule has 8 rings (SSSR count). The summed E-state index contributed by atoms with van der Waals surface area (Å²) >= 11 is 0. The number of benzene rings is 8. The molecular formula is C48H56O36P12Zr5. The van der Waals surface area contributed by atoms with Crippen molar-refractivity contribution < 1.29 is 305 Å². The SMILES string of the molecule is O=[PH]([O-])O.O=[PH]([O-])O.O=[PH]([O-])O.O=[PH]([O-])O.O=[PH]([O-])O.O=[PH]([O-])O.O=[PH]([O-])O.O=[PH]([O-])O.[O-]P([O-])[O-].[O-]P([O-])[O-].[O-]P([O-])[O-].[O-]P([O-])[O-].[Zr+4].[Zr+4].[Zr+4].[Zr+4].[Zr+4].c1ccc(-c2ccccc2)cc1.c1ccc(-c2ccccc2)cc1.c1ccc(-c2ccccc2)cc1.c1ccc(-c2ccccc2)cc1. The van der Waals surface area contributed by atoms with Gasteiger partial charge in [-0.3, -0.25) is 0 Å². The van der Waals surface area contributed by atoms with Gasteiger partial charge in [0.05, 0.1) is 0 Å². The fourth-order valence-electron chi connectivity index (χ4n) is 5.04. The third kappa shape index (κ3) is 151. The Kier molecular flexibility index (Phi) is 128. The summed E-state index contributed by atoms with van der Waals surface area (Å²) in [6.07, 6.45) is 0. The topological polar surface area (TPSA) is 760 Å². The Morgan fingerprint density at radius 2 is 0.208 bits per heavy atom. The minimum atomic E-state index is -3.38. The van der Waals surface area contributed by atoms with E-state index in [-0.39, 0.29) is 131 Å². The maximum atomic E-state index is 8.63. The molecule has 101 heavy (non-hydrogen) atoms. The number of hydrogen-bond acceptors (Lipinski definition) is 28. The second-order valence-corrected chi connectivity index (χ2v) is 20.0. The van der Waals surface area contributed by atoms with Crippen molar-refractivity contribution in [3.63, 3.8) is 0 Å².